The zero-order chi connectivity index (χ0) is 25.6. The summed E-state index contributed by atoms with van der Waals surface area (Å²) >= 11 is 0. The summed E-state index contributed by atoms with van der Waals surface area (Å²) in [4.78, 5) is 29.3. The summed E-state index contributed by atoms with van der Waals surface area (Å²) in [6.07, 6.45) is 8.99. The van der Waals surface area contributed by atoms with Crippen molar-refractivity contribution >= 4 is 11.7 Å². The van der Waals surface area contributed by atoms with E-state index in [4.69, 9.17) is 9.72 Å². The number of benzene rings is 1. The molecule has 2 atom stereocenters. The summed E-state index contributed by atoms with van der Waals surface area (Å²) < 4.78 is 5.57. The van der Waals surface area contributed by atoms with Gasteiger partial charge < -0.3 is 15.0 Å². The molecular weight excluding hydrogens is 464 g/mol. The molecule has 2 aliphatic heterocycles. The number of rotatable bonds is 5. The Bertz CT molecular complexity index is 1410. The van der Waals surface area contributed by atoms with Crippen LogP contribution in [-0.2, 0) is 29.7 Å². The van der Waals surface area contributed by atoms with Crippen molar-refractivity contribution in [3.05, 3.63) is 82.1 Å². The highest BCUT2D eigenvalue weighted by Crippen LogP contribution is 2.40. The van der Waals surface area contributed by atoms with Crippen LogP contribution < -0.4 is 10.2 Å². The third-order valence-corrected chi connectivity index (χ3v) is 7.84. The average molecular weight is 495 g/mol. The van der Waals surface area contributed by atoms with E-state index in [0.717, 1.165) is 41.3 Å². The van der Waals surface area contributed by atoms with Gasteiger partial charge >= 0.3 is 0 Å². The van der Waals surface area contributed by atoms with Crippen LogP contribution in [0.3, 0.4) is 0 Å². The summed E-state index contributed by atoms with van der Waals surface area (Å²) in [5, 5.41) is 12.7. The Hall–Kier alpha value is -3.83. The number of anilines is 1. The predicted molar refractivity (Wildman–Crippen MR) is 138 cm³/mol. The van der Waals surface area contributed by atoms with Gasteiger partial charge in [0.05, 0.1) is 49.5 Å². The lowest BCUT2D eigenvalue weighted by Crippen LogP contribution is -2.35. The second-order valence-electron chi connectivity index (χ2n) is 10.6. The Kier molecular flexibility index (Phi) is 5.88. The molecule has 0 spiro atoms. The third kappa shape index (κ3) is 4.44. The lowest BCUT2D eigenvalue weighted by Gasteiger charge is -2.36. The zero-order valence-corrected chi connectivity index (χ0v) is 21.2. The maximum absolute atomic E-state index is 13.0. The van der Waals surface area contributed by atoms with Crippen molar-refractivity contribution in [3.8, 4) is 6.07 Å². The Morgan fingerprint density at radius 3 is 2.92 bits per heavy atom. The van der Waals surface area contributed by atoms with E-state index in [9.17, 15) is 10.1 Å². The van der Waals surface area contributed by atoms with Gasteiger partial charge in [-0.05, 0) is 73.6 Å². The SMILES string of the molecule is CC1c2cc(CNC(=O)c3ccc4c(c3)[C@](C)(C#N)COC4)ncc2CCN1c1cncc(C2CC2)n1. The van der Waals surface area contributed by atoms with Crippen LogP contribution in [-0.4, -0.2) is 34.0 Å². The number of nitrogens with one attached hydrogen (secondary N) is 1. The Morgan fingerprint density at radius 2 is 2.11 bits per heavy atom. The molecule has 1 saturated carbocycles. The van der Waals surface area contributed by atoms with Gasteiger partial charge in [0, 0.05) is 30.4 Å². The number of fused-ring (bicyclic) bond motifs is 2. The summed E-state index contributed by atoms with van der Waals surface area (Å²) in [5.41, 5.74) is 5.95. The zero-order valence-electron chi connectivity index (χ0n) is 21.2. The fraction of sp³-hybridized carbons (Fsp3) is 0.414. The maximum Gasteiger partial charge on any atom is 0.251 e. The topological polar surface area (TPSA) is 104 Å². The van der Waals surface area contributed by atoms with Gasteiger partial charge in [0.25, 0.3) is 5.91 Å². The molecule has 1 aliphatic carbocycles. The van der Waals surface area contributed by atoms with Crippen LogP contribution in [0.2, 0.25) is 0 Å². The number of amides is 1. The van der Waals surface area contributed by atoms with Gasteiger partial charge in [-0.15, -0.1) is 0 Å². The molecule has 0 radical (unpaired) electrons. The van der Waals surface area contributed by atoms with E-state index in [1.807, 2.05) is 37.6 Å². The molecule has 2 aromatic heterocycles. The molecule has 1 aromatic carbocycles. The van der Waals surface area contributed by atoms with E-state index in [0.29, 0.717) is 31.2 Å². The van der Waals surface area contributed by atoms with Crippen molar-refractivity contribution in [3.63, 3.8) is 0 Å². The fourth-order valence-corrected chi connectivity index (χ4v) is 5.40. The fourth-order valence-electron chi connectivity index (χ4n) is 5.40. The van der Waals surface area contributed by atoms with Crippen LogP contribution in [0.4, 0.5) is 5.82 Å². The number of aromatic nitrogens is 3. The largest absolute Gasteiger partial charge is 0.375 e. The molecule has 1 amide bonds. The molecule has 188 valence electrons. The molecule has 0 saturated heterocycles. The predicted octanol–water partition coefficient (Wildman–Crippen LogP) is 4.11. The van der Waals surface area contributed by atoms with E-state index < -0.39 is 5.41 Å². The molecule has 1 unspecified atom stereocenters. The molecule has 8 nitrogen and oxygen atoms in total. The van der Waals surface area contributed by atoms with Gasteiger partial charge in [-0.3, -0.25) is 14.8 Å². The highest BCUT2D eigenvalue weighted by atomic mass is 16.5. The number of hydrogen-bond donors (Lipinski definition) is 1. The van der Waals surface area contributed by atoms with E-state index >= 15 is 0 Å². The van der Waals surface area contributed by atoms with Gasteiger partial charge in [-0.25, -0.2) is 4.98 Å². The lowest BCUT2D eigenvalue weighted by atomic mass is 9.79. The van der Waals surface area contributed by atoms with Crippen molar-refractivity contribution in [1.29, 1.82) is 5.26 Å². The van der Waals surface area contributed by atoms with Crippen LogP contribution in [0.25, 0.3) is 0 Å². The highest BCUT2D eigenvalue weighted by Gasteiger charge is 2.34. The van der Waals surface area contributed by atoms with E-state index in [1.165, 1.54) is 24.0 Å². The monoisotopic (exact) mass is 494 g/mol. The first-order chi connectivity index (χ1) is 17.9. The molecule has 6 rings (SSSR count). The van der Waals surface area contributed by atoms with Crippen molar-refractivity contribution in [2.45, 2.75) is 63.6 Å². The highest BCUT2D eigenvalue weighted by molar-refractivity contribution is 5.94. The normalized spacial score (nSPS) is 22.5. The van der Waals surface area contributed by atoms with Crippen molar-refractivity contribution in [2.24, 2.45) is 0 Å². The van der Waals surface area contributed by atoms with Crippen LogP contribution in [0.15, 0.2) is 42.9 Å². The number of carbonyl (C=O) groups is 1. The maximum atomic E-state index is 13.0. The van der Waals surface area contributed by atoms with Gasteiger partial charge in [-0.1, -0.05) is 6.07 Å². The van der Waals surface area contributed by atoms with Crippen LogP contribution in [0, 0.1) is 11.3 Å². The summed E-state index contributed by atoms with van der Waals surface area (Å²) in [7, 11) is 0. The minimum Gasteiger partial charge on any atom is -0.375 e. The minimum absolute atomic E-state index is 0.136. The summed E-state index contributed by atoms with van der Waals surface area (Å²) in [6.45, 7) is 6.02. The van der Waals surface area contributed by atoms with E-state index in [2.05, 4.69) is 39.2 Å². The van der Waals surface area contributed by atoms with E-state index in [-0.39, 0.29) is 11.9 Å². The number of nitriles is 1. The number of hydrogen-bond acceptors (Lipinski definition) is 7. The second kappa shape index (κ2) is 9.24. The lowest BCUT2D eigenvalue weighted by molar-refractivity contribution is 0.0757. The van der Waals surface area contributed by atoms with E-state index in [1.54, 1.807) is 6.07 Å². The molecule has 3 aliphatic rings. The van der Waals surface area contributed by atoms with Crippen LogP contribution >= 0.6 is 0 Å². The van der Waals surface area contributed by atoms with Crippen molar-refractivity contribution in [1.82, 2.24) is 20.3 Å². The standard InChI is InChI=1S/C29H30N6O2/c1-18-24-10-23(12-33-28(36)20-5-6-22-15-37-17-29(2,16-30)25(22)9-20)32-11-21(24)7-8-35(18)27-14-31-13-26(34-27)19-3-4-19/h5-6,9-11,13-14,18-19H,3-4,7-8,12,15,17H2,1-2H3,(H,33,36)/t18?,29-/m1/s1. The molecule has 1 fully saturated rings. The summed E-state index contributed by atoms with van der Waals surface area (Å²) in [6, 6.07) is 10.1. The molecule has 4 heterocycles. The van der Waals surface area contributed by atoms with Gasteiger partial charge in [-0.2, -0.15) is 5.26 Å². The van der Waals surface area contributed by atoms with Gasteiger partial charge in [0.2, 0.25) is 0 Å². The first-order valence-electron chi connectivity index (χ1n) is 12.9. The number of ether oxygens (including phenoxy) is 1. The van der Waals surface area contributed by atoms with Crippen molar-refractivity contribution in [2.75, 3.05) is 18.1 Å². The number of carbonyl (C=O) groups excluding carboxylic acids is 1. The molecule has 1 N–H and O–H groups in total. The van der Waals surface area contributed by atoms with Gasteiger partial charge in [0.15, 0.2) is 0 Å². The third-order valence-electron chi connectivity index (χ3n) is 7.84. The molecule has 3 aromatic rings. The Morgan fingerprint density at radius 1 is 1.24 bits per heavy atom. The first kappa shape index (κ1) is 23.6. The molecule has 8 heteroatoms. The van der Waals surface area contributed by atoms with Crippen molar-refractivity contribution < 1.29 is 9.53 Å². The average Bonchev–Trinajstić information content (AvgIpc) is 3.78. The number of nitrogens with zero attached hydrogens (tertiary/aromatic N) is 5. The first-order valence-corrected chi connectivity index (χ1v) is 12.9. The number of pyridine rings is 1. The van der Waals surface area contributed by atoms with Crippen LogP contribution in [0.1, 0.15) is 82.6 Å². The Labute approximate surface area is 216 Å². The van der Waals surface area contributed by atoms with Crippen LogP contribution in [0.5, 0.6) is 0 Å². The quantitative estimate of drug-likeness (QED) is 0.569. The minimum atomic E-state index is -0.755. The molecule has 0 bridgehead atoms. The molecular formula is C29H30N6O2. The molecule has 37 heavy (non-hydrogen) atoms. The smallest absolute Gasteiger partial charge is 0.251 e. The van der Waals surface area contributed by atoms with Gasteiger partial charge in [0.1, 0.15) is 11.2 Å². The Balaban J connectivity index is 1.17. The second-order valence-corrected chi connectivity index (χ2v) is 10.6. The summed E-state index contributed by atoms with van der Waals surface area (Å²) in [5.74, 6) is 1.31.